The number of guanidine groups is 1. The van der Waals surface area contributed by atoms with Gasteiger partial charge in [-0.2, -0.15) is 11.8 Å². The molecular weight excluding hydrogens is 363 g/mol. The molecule has 1 aromatic rings. The van der Waals surface area contributed by atoms with Crippen LogP contribution in [0.1, 0.15) is 5.56 Å². The van der Waals surface area contributed by atoms with E-state index in [2.05, 4.69) is 10.3 Å². The normalized spacial score (nSPS) is 16.7. The van der Waals surface area contributed by atoms with Crippen molar-refractivity contribution in [1.82, 2.24) is 14.5 Å². The van der Waals surface area contributed by atoms with E-state index in [4.69, 9.17) is 0 Å². The van der Waals surface area contributed by atoms with Crippen molar-refractivity contribution < 1.29 is 12.8 Å². The Labute approximate surface area is 153 Å². The molecule has 1 aromatic carbocycles. The first kappa shape index (κ1) is 20.0. The molecule has 0 aromatic heterocycles. The van der Waals surface area contributed by atoms with Gasteiger partial charge in [-0.05, 0) is 17.7 Å². The van der Waals surface area contributed by atoms with Gasteiger partial charge in [0, 0.05) is 51.8 Å². The Morgan fingerprint density at radius 1 is 1.40 bits per heavy atom. The molecule has 1 fully saturated rings. The largest absolute Gasteiger partial charge is 0.355 e. The fourth-order valence-electron chi connectivity index (χ4n) is 2.61. The standard InChI is InChI=1S/C16H25FN4O2S2/c1-18-16(20(2)13-14-4-3-5-15(17)12-14)19-6-11-25(22,23)21-7-9-24-10-8-21/h3-5,12H,6-11,13H2,1-2H3,(H,18,19). The summed E-state index contributed by atoms with van der Waals surface area (Å²) in [6, 6.07) is 6.38. The van der Waals surface area contributed by atoms with Crippen LogP contribution < -0.4 is 5.32 Å². The molecule has 1 aliphatic heterocycles. The maximum Gasteiger partial charge on any atom is 0.215 e. The topological polar surface area (TPSA) is 65.0 Å². The van der Waals surface area contributed by atoms with Crippen LogP contribution in [0.5, 0.6) is 0 Å². The van der Waals surface area contributed by atoms with Gasteiger partial charge in [-0.3, -0.25) is 4.99 Å². The zero-order valence-corrected chi connectivity index (χ0v) is 16.2. The van der Waals surface area contributed by atoms with Gasteiger partial charge in [0.15, 0.2) is 5.96 Å². The first-order chi connectivity index (χ1) is 11.9. The zero-order chi connectivity index (χ0) is 18.3. The molecule has 0 bridgehead atoms. The van der Waals surface area contributed by atoms with E-state index in [0.717, 1.165) is 17.1 Å². The lowest BCUT2D eigenvalue weighted by Crippen LogP contribution is -2.44. The van der Waals surface area contributed by atoms with Crippen LogP contribution in [0.25, 0.3) is 0 Å². The molecule has 1 aliphatic rings. The van der Waals surface area contributed by atoms with Crippen molar-refractivity contribution in [2.75, 3.05) is 51.0 Å². The molecule has 0 spiro atoms. The average molecular weight is 389 g/mol. The lowest BCUT2D eigenvalue weighted by Gasteiger charge is -2.26. The minimum Gasteiger partial charge on any atom is -0.355 e. The number of halogens is 1. The van der Waals surface area contributed by atoms with E-state index in [1.54, 1.807) is 29.2 Å². The Bertz CT molecular complexity index is 691. The molecule has 0 atom stereocenters. The highest BCUT2D eigenvalue weighted by molar-refractivity contribution is 7.99. The minimum atomic E-state index is -3.24. The molecule has 1 N–H and O–H groups in total. The molecule has 0 amide bonds. The van der Waals surface area contributed by atoms with Gasteiger partial charge in [-0.1, -0.05) is 12.1 Å². The number of rotatable bonds is 6. The third-order valence-electron chi connectivity index (χ3n) is 3.89. The molecule has 0 aliphatic carbocycles. The van der Waals surface area contributed by atoms with Crippen molar-refractivity contribution in [2.45, 2.75) is 6.54 Å². The summed E-state index contributed by atoms with van der Waals surface area (Å²) in [5.74, 6) is 2.04. The van der Waals surface area contributed by atoms with Gasteiger partial charge >= 0.3 is 0 Å². The summed E-state index contributed by atoms with van der Waals surface area (Å²) in [5.41, 5.74) is 0.823. The second kappa shape index (κ2) is 9.40. The number of sulfonamides is 1. The molecule has 25 heavy (non-hydrogen) atoms. The van der Waals surface area contributed by atoms with Crippen molar-refractivity contribution in [3.8, 4) is 0 Å². The fraction of sp³-hybridized carbons (Fsp3) is 0.562. The molecule has 2 rings (SSSR count). The summed E-state index contributed by atoms with van der Waals surface area (Å²) in [6.45, 7) is 1.93. The van der Waals surface area contributed by atoms with Gasteiger partial charge in [-0.15, -0.1) is 0 Å². The van der Waals surface area contributed by atoms with Gasteiger partial charge in [0.25, 0.3) is 0 Å². The summed E-state index contributed by atoms with van der Waals surface area (Å²) < 4.78 is 39.5. The second-order valence-electron chi connectivity index (χ2n) is 5.79. The molecule has 140 valence electrons. The van der Waals surface area contributed by atoms with Crippen LogP contribution in [0.2, 0.25) is 0 Å². The van der Waals surface area contributed by atoms with Crippen LogP contribution in [0.4, 0.5) is 4.39 Å². The summed E-state index contributed by atoms with van der Waals surface area (Å²) >= 11 is 1.78. The summed E-state index contributed by atoms with van der Waals surface area (Å²) in [7, 11) is 0.227. The second-order valence-corrected chi connectivity index (χ2v) is 9.10. The van der Waals surface area contributed by atoms with E-state index in [9.17, 15) is 12.8 Å². The first-order valence-electron chi connectivity index (χ1n) is 8.14. The van der Waals surface area contributed by atoms with Crippen molar-refractivity contribution in [1.29, 1.82) is 0 Å². The van der Waals surface area contributed by atoms with E-state index in [0.29, 0.717) is 25.6 Å². The Balaban J connectivity index is 1.85. The third kappa shape index (κ3) is 6.16. The number of hydrogen-bond acceptors (Lipinski definition) is 4. The van der Waals surface area contributed by atoms with Crippen LogP contribution >= 0.6 is 11.8 Å². The van der Waals surface area contributed by atoms with Crippen molar-refractivity contribution in [3.63, 3.8) is 0 Å². The fourth-order valence-corrected chi connectivity index (χ4v) is 5.11. The molecule has 0 radical (unpaired) electrons. The van der Waals surface area contributed by atoms with Crippen molar-refractivity contribution in [3.05, 3.63) is 35.6 Å². The lowest BCUT2D eigenvalue weighted by atomic mass is 10.2. The molecule has 0 saturated carbocycles. The van der Waals surface area contributed by atoms with E-state index in [-0.39, 0.29) is 18.1 Å². The molecule has 6 nitrogen and oxygen atoms in total. The highest BCUT2D eigenvalue weighted by Crippen LogP contribution is 2.13. The Morgan fingerprint density at radius 2 is 2.12 bits per heavy atom. The highest BCUT2D eigenvalue weighted by Gasteiger charge is 2.23. The number of hydrogen-bond donors (Lipinski definition) is 1. The SMILES string of the molecule is CN=C(NCCS(=O)(=O)N1CCSCC1)N(C)Cc1cccc(F)c1. The Kier molecular flexibility index (Phi) is 7.52. The van der Waals surface area contributed by atoms with Crippen LogP contribution in [0.3, 0.4) is 0 Å². The highest BCUT2D eigenvalue weighted by atomic mass is 32.2. The Morgan fingerprint density at radius 3 is 2.76 bits per heavy atom. The smallest absolute Gasteiger partial charge is 0.215 e. The maximum atomic E-state index is 13.3. The molecule has 1 saturated heterocycles. The maximum absolute atomic E-state index is 13.3. The van der Waals surface area contributed by atoms with Crippen LogP contribution in [-0.2, 0) is 16.6 Å². The van der Waals surface area contributed by atoms with Crippen LogP contribution in [0, 0.1) is 5.82 Å². The number of aliphatic imine (C=N–C) groups is 1. The van der Waals surface area contributed by atoms with Gasteiger partial charge in [0.05, 0.1) is 5.75 Å². The summed E-state index contributed by atoms with van der Waals surface area (Å²) in [5, 5.41) is 3.07. The predicted octanol–water partition coefficient (Wildman–Crippen LogP) is 1.21. The van der Waals surface area contributed by atoms with Crippen molar-refractivity contribution in [2.24, 2.45) is 4.99 Å². The first-order valence-corrected chi connectivity index (χ1v) is 10.9. The molecule has 9 heteroatoms. The minimum absolute atomic E-state index is 0.0322. The summed E-state index contributed by atoms with van der Waals surface area (Å²) in [4.78, 5) is 6.00. The van der Waals surface area contributed by atoms with Gasteiger partial charge in [0.2, 0.25) is 10.0 Å². The van der Waals surface area contributed by atoms with E-state index < -0.39 is 10.0 Å². The third-order valence-corrected chi connectivity index (χ3v) is 6.70. The average Bonchev–Trinajstić information content (AvgIpc) is 2.59. The van der Waals surface area contributed by atoms with Gasteiger partial charge in [0.1, 0.15) is 5.82 Å². The lowest BCUT2D eigenvalue weighted by molar-refractivity contribution is 0.442. The number of benzene rings is 1. The predicted molar refractivity (Wildman–Crippen MR) is 102 cm³/mol. The number of thioether (sulfide) groups is 1. The number of nitrogens with one attached hydrogen (secondary N) is 1. The summed E-state index contributed by atoms with van der Waals surface area (Å²) in [6.07, 6.45) is 0. The monoisotopic (exact) mass is 388 g/mol. The quantitative estimate of drug-likeness (QED) is 0.586. The van der Waals surface area contributed by atoms with E-state index >= 15 is 0 Å². The number of nitrogens with zero attached hydrogens (tertiary/aromatic N) is 3. The molecule has 0 unspecified atom stereocenters. The Hall–Kier alpha value is -1.32. The molecule has 1 heterocycles. The zero-order valence-electron chi connectivity index (χ0n) is 14.6. The van der Waals surface area contributed by atoms with Crippen LogP contribution in [0.15, 0.2) is 29.3 Å². The molecular formula is C16H25FN4O2S2. The van der Waals surface area contributed by atoms with Gasteiger partial charge in [-0.25, -0.2) is 17.1 Å². The van der Waals surface area contributed by atoms with Crippen molar-refractivity contribution >= 4 is 27.7 Å². The van der Waals surface area contributed by atoms with E-state index in [1.165, 1.54) is 12.1 Å². The van der Waals surface area contributed by atoms with Crippen LogP contribution in [-0.4, -0.2) is 74.6 Å². The van der Waals surface area contributed by atoms with Gasteiger partial charge < -0.3 is 10.2 Å². The van der Waals surface area contributed by atoms with E-state index in [1.807, 2.05) is 18.0 Å².